The summed E-state index contributed by atoms with van der Waals surface area (Å²) in [5.41, 5.74) is 6.21. The van der Waals surface area contributed by atoms with Crippen LogP contribution >= 0.6 is 0 Å². The first-order valence-corrected chi connectivity index (χ1v) is 8.92. The predicted molar refractivity (Wildman–Crippen MR) is 87.2 cm³/mol. The topological polar surface area (TPSA) is 107 Å². The highest BCUT2D eigenvalue weighted by atomic mass is 16.5. The van der Waals surface area contributed by atoms with E-state index < -0.39 is 0 Å². The van der Waals surface area contributed by atoms with Gasteiger partial charge in [-0.3, -0.25) is 14.5 Å². The molecule has 2 fully saturated rings. The highest BCUT2D eigenvalue weighted by Crippen LogP contribution is 2.31. The van der Waals surface area contributed by atoms with Crippen molar-refractivity contribution in [3.8, 4) is 0 Å². The average molecular weight is 348 g/mol. The predicted octanol–water partition coefficient (Wildman–Crippen LogP) is -0.852. The van der Waals surface area contributed by atoms with Gasteiger partial charge < -0.3 is 15.4 Å². The van der Waals surface area contributed by atoms with Gasteiger partial charge in [-0.2, -0.15) is 0 Å². The van der Waals surface area contributed by atoms with Crippen molar-refractivity contribution < 1.29 is 14.3 Å². The van der Waals surface area contributed by atoms with Crippen molar-refractivity contribution in [2.45, 2.75) is 38.0 Å². The number of carbonyl (C=O) groups excluding carboxylic acids is 2. The molecule has 136 valence electrons. The van der Waals surface area contributed by atoms with E-state index >= 15 is 0 Å². The molecule has 0 aliphatic carbocycles. The van der Waals surface area contributed by atoms with E-state index in [1.165, 1.54) is 0 Å². The van der Waals surface area contributed by atoms with Gasteiger partial charge in [0.1, 0.15) is 0 Å². The van der Waals surface area contributed by atoms with Crippen LogP contribution in [0.25, 0.3) is 0 Å². The number of amides is 2. The van der Waals surface area contributed by atoms with Gasteiger partial charge in [0.05, 0.1) is 37.2 Å². The van der Waals surface area contributed by atoms with Gasteiger partial charge in [-0.15, -0.1) is 5.10 Å². The van der Waals surface area contributed by atoms with Crippen LogP contribution in [0.3, 0.4) is 0 Å². The number of primary amides is 1. The van der Waals surface area contributed by atoms with E-state index in [1.807, 2.05) is 14.5 Å². The minimum absolute atomic E-state index is 0.0282. The standard InChI is InChI=1S/C16H24N6O3/c17-15(23)9-20-4-1-11(2-5-20)16(24)21-6-3-14-13(8-21)22-12(10-25-14)7-18-19-22/h7,11,13-14H,1-6,8-10H2,(H2,17,23)/t13-,14-/m0/s1. The van der Waals surface area contributed by atoms with E-state index in [0.717, 1.165) is 44.6 Å². The largest absolute Gasteiger partial charge is 0.370 e. The maximum atomic E-state index is 12.9. The van der Waals surface area contributed by atoms with Crippen LogP contribution in [-0.4, -0.2) is 75.4 Å². The fourth-order valence-corrected chi connectivity index (χ4v) is 4.20. The number of hydrogen-bond acceptors (Lipinski definition) is 6. The first-order chi connectivity index (χ1) is 12.1. The number of likely N-dealkylation sites (tertiary alicyclic amines) is 2. The maximum absolute atomic E-state index is 12.9. The first kappa shape index (κ1) is 16.5. The van der Waals surface area contributed by atoms with Crippen molar-refractivity contribution in [2.24, 2.45) is 11.7 Å². The summed E-state index contributed by atoms with van der Waals surface area (Å²) in [4.78, 5) is 27.9. The van der Waals surface area contributed by atoms with Gasteiger partial charge in [0, 0.05) is 19.0 Å². The molecule has 0 saturated carbocycles. The van der Waals surface area contributed by atoms with Gasteiger partial charge in [0.25, 0.3) is 0 Å². The Morgan fingerprint density at radius 2 is 2.04 bits per heavy atom. The molecule has 1 aromatic rings. The third kappa shape index (κ3) is 3.25. The maximum Gasteiger partial charge on any atom is 0.231 e. The Bertz CT molecular complexity index is 654. The van der Waals surface area contributed by atoms with Crippen LogP contribution in [0.5, 0.6) is 0 Å². The summed E-state index contributed by atoms with van der Waals surface area (Å²) < 4.78 is 7.82. The molecule has 2 saturated heterocycles. The van der Waals surface area contributed by atoms with E-state index in [9.17, 15) is 9.59 Å². The molecule has 9 nitrogen and oxygen atoms in total. The lowest BCUT2D eigenvalue weighted by molar-refractivity contribution is -0.143. The summed E-state index contributed by atoms with van der Waals surface area (Å²) in [6, 6.07) is 0.0545. The van der Waals surface area contributed by atoms with Gasteiger partial charge in [0.15, 0.2) is 0 Å². The number of ether oxygens (including phenoxy) is 1. The average Bonchev–Trinajstić information content (AvgIpc) is 3.10. The zero-order valence-corrected chi connectivity index (χ0v) is 14.2. The number of carbonyl (C=O) groups is 2. The van der Waals surface area contributed by atoms with Crippen LogP contribution in [0.1, 0.15) is 31.0 Å². The number of rotatable bonds is 3. The Labute approximate surface area is 146 Å². The highest BCUT2D eigenvalue weighted by molar-refractivity contribution is 5.79. The molecular formula is C16H24N6O3. The van der Waals surface area contributed by atoms with E-state index in [2.05, 4.69) is 10.3 Å². The number of hydrogen-bond donors (Lipinski definition) is 1. The smallest absolute Gasteiger partial charge is 0.231 e. The fourth-order valence-electron chi connectivity index (χ4n) is 4.20. The molecule has 0 unspecified atom stereocenters. The SMILES string of the molecule is NC(=O)CN1CCC(C(=O)N2CC[C@@H]3OCc4cnnn4[C@H]3C2)CC1. The normalized spacial score (nSPS) is 27.6. The molecular weight excluding hydrogens is 324 g/mol. The monoisotopic (exact) mass is 348 g/mol. The van der Waals surface area contributed by atoms with Gasteiger partial charge >= 0.3 is 0 Å². The van der Waals surface area contributed by atoms with Gasteiger partial charge in [0.2, 0.25) is 11.8 Å². The molecule has 2 atom stereocenters. The molecule has 3 aliphatic rings. The highest BCUT2D eigenvalue weighted by Gasteiger charge is 2.39. The number of nitrogens with two attached hydrogens (primary N) is 1. The second-order valence-electron chi connectivity index (χ2n) is 7.18. The minimum atomic E-state index is -0.312. The Hall–Kier alpha value is -2.00. The summed E-state index contributed by atoms with van der Waals surface area (Å²) in [6.07, 6.45) is 4.22. The van der Waals surface area contributed by atoms with E-state index in [-0.39, 0.29) is 36.4 Å². The third-order valence-electron chi connectivity index (χ3n) is 5.56. The second kappa shape index (κ2) is 6.72. The number of piperidine rings is 2. The van der Waals surface area contributed by atoms with Crippen molar-refractivity contribution >= 4 is 11.8 Å². The van der Waals surface area contributed by atoms with Crippen LogP contribution in [0, 0.1) is 5.92 Å². The van der Waals surface area contributed by atoms with Crippen LogP contribution < -0.4 is 5.73 Å². The zero-order valence-electron chi connectivity index (χ0n) is 14.2. The Morgan fingerprint density at radius 3 is 2.80 bits per heavy atom. The van der Waals surface area contributed by atoms with Crippen molar-refractivity contribution in [1.82, 2.24) is 24.8 Å². The van der Waals surface area contributed by atoms with E-state index in [1.54, 1.807) is 6.20 Å². The van der Waals surface area contributed by atoms with Crippen molar-refractivity contribution in [1.29, 1.82) is 0 Å². The fraction of sp³-hybridized carbons (Fsp3) is 0.750. The molecule has 0 radical (unpaired) electrons. The molecule has 0 aromatic carbocycles. The Morgan fingerprint density at radius 1 is 1.24 bits per heavy atom. The van der Waals surface area contributed by atoms with Crippen LogP contribution in [0.15, 0.2) is 6.20 Å². The van der Waals surface area contributed by atoms with Crippen LogP contribution in [0.2, 0.25) is 0 Å². The summed E-state index contributed by atoms with van der Waals surface area (Å²) in [5, 5.41) is 8.16. The number of aromatic nitrogens is 3. The summed E-state index contributed by atoms with van der Waals surface area (Å²) in [7, 11) is 0. The third-order valence-corrected chi connectivity index (χ3v) is 5.56. The molecule has 9 heteroatoms. The summed E-state index contributed by atoms with van der Waals surface area (Å²) >= 11 is 0. The quantitative estimate of drug-likeness (QED) is 0.762. The molecule has 25 heavy (non-hydrogen) atoms. The first-order valence-electron chi connectivity index (χ1n) is 8.92. The Balaban J connectivity index is 1.37. The lowest BCUT2D eigenvalue weighted by Gasteiger charge is -2.42. The van der Waals surface area contributed by atoms with Gasteiger partial charge in [-0.05, 0) is 32.4 Å². The Kier molecular flexibility index (Phi) is 4.43. The van der Waals surface area contributed by atoms with E-state index in [4.69, 9.17) is 10.5 Å². The van der Waals surface area contributed by atoms with Crippen molar-refractivity contribution in [3.05, 3.63) is 11.9 Å². The zero-order chi connectivity index (χ0) is 17.4. The van der Waals surface area contributed by atoms with Crippen molar-refractivity contribution in [3.63, 3.8) is 0 Å². The lowest BCUT2D eigenvalue weighted by Crippen LogP contribution is -2.52. The lowest BCUT2D eigenvalue weighted by atomic mass is 9.93. The molecule has 0 bridgehead atoms. The molecule has 1 aromatic heterocycles. The van der Waals surface area contributed by atoms with Crippen LogP contribution in [-0.2, 0) is 20.9 Å². The number of fused-ring (bicyclic) bond motifs is 3. The molecule has 2 N–H and O–H groups in total. The summed E-state index contributed by atoms with van der Waals surface area (Å²) in [6.45, 7) is 3.67. The molecule has 2 amide bonds. The molecule has 3 aliphatic heterocycles. The second-order valence-corrected chi connectivity index (χ2v) is 7.18. The molecule has 4 rings (SSSR count). The molecule has 4 heterocycles. The van der Waals surface area contributed by atoms with E-state index in [0.29, 0.717) is 13.2 Å². The van der Waals surface area contributed by atoms with Gasteiger partial charge in [-0.1, -0.05) is 5.21 Å². The minimum Gasteiger partial charge on any atom is -0.370 e. The van der Waals surface area contributed by atoms with Crippen molar-refractivity contribution in [2.75, 3.05) is 32.7 Å². The molecule has 0 spiro atoms. The number of nitrogens with zero attached hydrogens (tertiary/aromatic N) is 5. The van der Waals surface area contributed by atoms with Gasteiger partial charge in [-0.25, -0.2) is 4.68 Å². The van der Waals surface area contributed by atoms with Crippen LogP contribution in [0.4, 0.5) is 0 Å². The summed E-state index contributed by atoms with van der Waals surface area (Å²) in [5.74, 6) is -0.0717.